The van der Waals surface area contributed by atoms with Gasteiger partial charge in [0.2, 0.25) is 0 Å². The first-order chi connectivity index (χ1) is 7.56. The number of nitrogens with one attached hydrogen (secondary N) is 1. The van der Waals surface area contributed by atoms with E-state index in [0.29, 0.717) is 5.56 Å². The molecule has 1 aromatic heterocycles. The number of carboxylic acids is 1. The zero-order chi connectivity index (χ0) is 11.7. The van der Waals surface area contributed by atoms with Crippen LogP contribution in [0.3, 0.4) is 0 Å². The van der Waals surface area contributed by atoms with Gasteiger partial charge in [-0.3, -0.25) is 0 Å². The lowest BCUT2D eigenvalue weighted by molar-refractivity contribution is 0.0697. The Kier molecular flexibility index (Phi) is 2.66. The Balaban J connectivity index is 2.42. The maximum atomic E-state index is 10.8. The maximum absolute atomic E-state index is 10.8. The standard InChI is InChI=1S/C12H14N2O2/c1-14(2)7-10-6-9-5-8(12(15)16)3-4-11(9)13-10/h3-6,13H,7H2,1-2H3,(H,15,16). The summed E-state index contributed by atoms with van der Waals surface area (Å²) in [6.45, 7) is 0.817. The topological polar surface area (TPSA) is 56.3 Å². The highest BCUT2D eigenvalue weighted by Gasteiger charge is 2.06. The van der Waals surface area contributed by atoms with E-state index in [1.807, 2.05) is 20.2 Å². The molecule has 0 unspecified atom stereocenters. The van der Waals surface area contributed by atoms with Crippen LogP contribution in [-0.2, 0) is 6.54 Å². The molecule has 16 heavy (non-hydrogen) atoms. The highest BCUT2D eigenvalue weighted by molar-refractivity contribution is 5.93. The minimum atomic E-state index is -0.891. The lowest BCUT2D eigenvalue weighted by Crippen LogP contribution is -2.10. The Labute approximate surface area is 93.5 Å². The van der Waals surface area contributed by atoms with Crippen molar-refractivity contribution in [2.24, 2.45) is 0 Å². The van der Waals surface area contributed by atoms with Gasteiger partial charge in [-0.25, -0.2) is 4.79 Å². The maximum Gasteiger partial charge on any atom is 0.335 e. The average molecular weight is 218 g/mol. The number of aromatic nitrogens is 1. The van der Waals surface area contributed by atoms with Crippen molar-refractivity contribution in [1.29, 1.82) is 0 Å². The van der Waals surface area contributed by atoms with E-state index < -0.39 is 5.97 Å². The first-order valence-electron chi connectivity index (χ1n) is 5.06. The molecule has 1 heterocycles. The number of nitrogens with zero attached hydrogens (tertiary/aromatic N) is 1. The summed E-state index contributed by atoms with van der Waals surface area (Å²) in [5, 5.41) is 9.82. The number of H-pyrrole nitrogens is 1. The number of benzene rings is 1. The van der Waals surface area contributed by atoms with Crippen molar-refractivity contribution in [2.75, 3.05) is 14.1 Å². The molecule has 4 nitrogen and oxygen atoms in total. The molecule has 0 spiro atoms. The molecular formula is C12H14N2O2. The summed E-state index contributed by atoms with van der Waals surface area (Å²) in [6, 6.07) is 7.09. The van der Waals surface area contributed by atoms with Crippen LogP contribution in [0, 0.1) is 0 Å². The number of hydrogen-bond donors (Lipinski definition) is 2. The van der Waals surface area contributed by atoms with Crippen LogP contribution in [0.1, 0.15) is 16.1 Å². The summed E-state index contributed by atoms with van der Waals surface area (Å²) in [7, 11) is 3.99. The SMILES string of the molecule is CN(C)Cc1cc2cc(C(=O)O)ccc2[nH]1. The van der Waals surface area contributed by atoms with Crippen molar-refractivity contribution in [3.8, 4) is 0 Å². The van der Waals surface area contributed by atoms with E-state index in [4.69, 9.17) is 5.11 Å². The summed E-state index contributed by atoms with van der Waals surface area (Å²) >= 11 is 0. The van der Waals surface area contributed by atoms with Gasteiger partial charge >= 0.3 is 5.97 Å². The van der Waals surface area contributed by atoms with Gasteiger partial charge in [-0.15, -0.1) is 0 Å². The number of rotatable bonds is 3. The van der Waals surface area contributed by atoms with Gasteiger partial charge in [0.15, 0.2) is 0 Å². The number of carboxylic acid groups (broad SMARTS) is 1. The van der Waals surface area contributed by atoms with Crippen LogP contribution in [0.15, 0.2) is 24.3 Å². The number of aromatic carboxylic acids is 1. The quantitative estimate of drug-likeness (QED) is 0.827. The Morgan fingerprint density at radius 2 is 2.12 bits per heavy atom. The molecule has 0 aliphatic rings. The van der Waals surface area contributed by atoms with Crippen LogP contribution in [-0.4, -0.2) is 35.1 Å². The molecule has 0 saturated heterocycles. The molecule has 0 bridgehead atoms. The molecule has 0 saturated carbocycles. The van der Waals surface area contributed by atoms with Gasteiger partial charge < -0.3 is 15.0 Å². The fraction of sp³-hybridized carbons (Fsp3) is 0.250. The molecule has 4 heteroatoms. The van der Waals surface area contributed by atoms with E-state index in [1.165, 1.54) is 0 Å². The lowest BCUT2D eigenvalue weighted by Gasteiger charge is -2.06. The van der Waals surface area contributed by atoms with E-state index in [1.54, 1.807) is 18.2 Å². The molecule has 0 radical (unpaired) electrons. The highest BCUT2D eigenvalue weighted by Crippen LogP contribution is 2.18. The number of fused-ring (bicyclic) bond motifs is 1. The van der Waals surface area contributed by atoms with Crippen molar-refractivity contribution in [3.63, 3.8) is 0 Å². The molecule has 0 aliphatic heterocycles. The van der Waals surface area contributed by atoms with Gasteiger partial charge in [-0.1, -0.05) is 0 Å². The molecule has 0 aliphatic carbocycles. The van der Waals surface area contributed by atoms with Crippen molar-refractivity contribution in [1.82, 2.24) is 9.88 Å². The van der Waals surface area contributed by atoms with E-state index in [0.717, 1.165) is 23.1 Å². The molecule has 2 N–H and O–H groups in total. The van der Waals surface area contributed by atoms with E-state index in [-0.39, 0.29) is 0 Å². The molecule has 0 atom stereocenters. The zero-order valence-corrected chi connectivity index (χ0v) is 9.32. The van der Waals surface area contributed by atoms with Crippen LogP contribution < -0.4 is 0 Å². The second kappa shape index (κ2) is 3.98. The highest BCUT2D eigenvalue weighted by atomic mass is 16.4. The predicted molar refractivity (Wildman–Crippen MR) is 62.6 cm³/mol. The van der Waals surface area contributed by atoms with Crippen LogP contribution in [0.5, 0.6) is 0 Å². The van der Waals surface area contributed by atoms with Crippen molar-refractivity contribution < 1.29 is 9.90 Å². The van der Waals surface area contributed by atoms with Gasteiger partial charge in [0, 0.05) is 23.1 Å². The third-order valence-corrected chi connectivity index (χ3v) is 2.41. The average Bonchev–Trinajstić information content (AvgIpc) is 2.56. The van der Waals surface area contributed by atoms with Gasteiger partial charge in [-0.2, -0.15) is 0 Å². The van der Waals surface area contributed by atoms with Gasteiger partial charge in [0.1, 0.15) is 0 Å². The molecule has 0 amide bonds. The summed E-state index contributed by atoms with van der Waals surface area (Å²) in [4.78, 5) is 16.1. The van der Waals surface area contributed by atoms with Gasteiger partial charge in [0.05, 0.1) is 5.56 Å². The Bertz CT molecular complexity index is 529. The Morgan fingerprint density at radius 1 is 1.38 bits per heavy atom. The molecule has 2 aromatic rings. The predicted octanol–water partition coefficient (Wildman–Crippen LogP) is 1.93. The van der Waals surface area contributed by atoms with E-state index >= 15 is 0 Å². The second-order valence-corrected chi connectivity index (χ2v) is 4.14. The lowest BCUT2D eigenvalue weighted by atomic mass is 10.1. The summed E-state index contributed by atoms with van der Waals surface area (Å²) < 4.78 is 0. The van der Waals surface area contributed by atoms with Crippen molar-refractivity contribution >= 4 is 16.9 Å². The molecule has 1 aromatic carbocycles. The molecule has 84 valence electrons. The van der Waals surface area contributed by atoms with E-state index in [2.05, 4.69) is 9.88 Å². The zero-order valence-electron chi connectivity index (χ0n) is 9.32. The molecule has 0 fully saturated rings. The number of hydrogen-bond acceptors (Lipinski definition) is 2. The minimum Gasteiger partial charge on any atom is -0.478 e. The Morgan fingerprint density at radius 3 is 2.75 bits per heavy atom. The second-order valence-electron chi connectivity index (χ2n) is 4.14. The van der Waals surface area contributed by atoms with E-state index in [9.17, 15) is 4.79 Å². The smallest absolute Gasteiger partial charge is 0.335 e. The van der Waals surface area contributed by atoms with Crippen molar-refractivity contribution in [2.45, 2.75) is 6.54 Å². The molecule has 2 rings (SSSR count). The first kappa shape index (κ1) is 10.7. The van der Waals surface area contributed by atoms with Gasteiger partial charge in [-0.05, 0) is 38.4 Å². The molecular weight excluding hydrogens is 204 g/mol. The Hall–Kier alpha value is -1.81. The van der Waals surface area contributed by atoms with Gasteiger partial charge in [0.25, 0.3) is 0 Å². The fourth-order valence-electron chi connectivity index (χ4n) is 1.75. The van der Waals surface area contributed by atoms with Crippen LogP contribution in [0.25, 0.3) is 10.9 Å². The third-order valence-electron chi connectivity index (χ3n) is 2.41. The summed E-state index contributed by atoms with van der Waals surface area (Å²) in [5.74, 6) is -0.891. The fourth-order valence-corrected chi connectivity index (χ4v) is 1.75. The third kappa shape index (κ3) is 2.06. The summed E-state index contributed by atoms with van der Waals surface area (Å²) in [5.41, 5.74) is 2.38. The number of carbonyl (C=O) groups is 1. The summed E-state index contributed by atoms with van der Waals surface area (Å²) in [6.07, 6.45) is 0. The largest absolute Gasteiger partial charge is 0.478 e. The van der Waals surface area contributed by atoms with Crippen LogP contribution in [0.4, 0.5) is 0 Å². The monoisotopic (exact) mass is 218 g/mol. The first-order valence-corrected chi connectivity index (χ1v) is 5.06. The normalized spacial score (nSPS) is 11.2. The van der Waals surface area contributed by atoms with Crippen LogP contribution in [0.2, 0.25) is 0 Å². The minimum absolute atomic E-state index is 0.322. The van der Waals surface area contributed by atoms with Crippen molar-refractivity contribution in [3.05, 3.63) is 35.5 Å². The number of aromatic amines is 1. The van der Waals surface area contributed by atoms with Crippen LogP contribution >= 0.6 is 0 Å².